The number of nitrogens with one attached hydrogen (secondary N) is 1. The molecular weight excluding hydrogens is 426 g/mol. The Morgan fingerprint density at radius 1 is 1.14 bits per heavy atom. The Bertz CT molecular complexity index is 1100. The van der Waals surface area contributed by atoms with Crippen LogP contribution in [0.25, 0.3) is 11.8 Å². The Morgan fingerprint density at radius 3 is 2.38 bits per heavy atom. The molecule has 0 fully saturated rings. The van der Waals surface area contributed by atoms with Gasteiger partial charge < -0.3 is 9.88 Å². The minimum atomic E-state index is -0.412. The van der Waals surface area contributed by atoms with Gasteiger partial charge in [0.05, 0.1) is 0 Å². The van der Waals surface area contributed by atoms with Crippen LogP contribution in [0.5, 0.6) is 0 Å². The monoisotopic (exact) mass is 447 g/mol. The van der Waals surface area contributed by atoms with Gasteiger partial charge in [-0.15, -0.1) is 0 Å². The highest BCUT2D eigenvalue weighted by Gasteiger charge is 2.14. The van der Waals surface area contributed by atoms with E-state index in [4.69, 9.17) is 0 Å². The SMILES string of the molecule is CCc1ccc(NC(=O)C(C#N)=Cc2cc(C)n(-c3ccc(Br)cc3)c2C)cc1. The molecule has 0 aliphatic heterocycles. The van der Waals surface area contributed by atoms with Gasteiger partial charge in [-0.05, 0) is 79.9 Å². The molecule has 29 heavy (non-hydrogen) atoms. The van der Waals surface area contributed by atoms with Crippen molar-refractivity contribution in [2.75, 3.05) is 5.32 Å². The quantitative estimate of drug-likeness (QED) is 0.387. The third kappa shape index (κ3) is 4.67. The third-order valence-corrected chi connectivity index (χ3v) is 5.37. The van der Waals surface area contributed by atoms with Crippen LogP contribution in [0, 0.1) is 25.2 Å². The first-order valence-corrected chi connectivity index (χ1v) is 10.2. The average Bonchev–Trinajstić information content (AvgIpc) is 3.00. The van der Waals surface area contributed by atoms with Crippen molar-refractivity contribution in [1.82, 2.24) is 4.57 Å². The molecule has 5 heteroatoms. The maximum Gasteiger partial charge on any atom is 0.266 e. The number of carbonyl (C=O) groups excluding carboxylic acids is 1. The van der Waals surface area contributed by atoms with Crippen molar-refractivity contribution in [2.24, 2.45) is 0 Å². The first-order chi connectivity index (χ1) is 13.9. The highest BCUT2D eigenvalue weighted by atomic mass is 79.9. The van der Waals surface area contributed by atoms with Gasteiger partial charge in [-0.3, -0.25) is 4.79 Å². The van der Waals surface area contributed by atoms with E-state index in [1.165, 1.54) is 5.56 Å². The molecule has 0 spiro atoms. The summed E-state index contributed by atoms with van der Waals surface area (Å²) in [5.74, 6) is -0.412. The summed E-state index contributed by atoms with van der Waals surface area (Å²) in [5.41, 5.74) is 5.82. The van der Waals surface area contributed by atoms with Gasteiger partial charge in [-0.1, -0.05) is 35.0 Å². The summed E-state index contributed by atoms with van der Waals surface area (Å²) >= 11 is 3.45. The number of nitriles is 1. The fourth-order valence-corrected chi connectivity index (χ4v) is 3.51. The number of nitrogens with zero attached hydrogens (tertiary/aromatic N) is 2. The van der Waals surface area contributed by atoms with E-state index in [0.29, 0.717) is 5.69 Å². The Morgan fingerprint density at radius 2 is 1.79 bits per heavy atom. The number of hydrogen-bond acceptors (Lipinski definition) is 2. The molecule has 3 rings (SSSR count). The number of anilines is 1. The van der Waals surface area contributed by atoms with Crippen LogP contribution in [0.2, 0.25) is 0 Å². The van der Waals surface area contributed by atoms with E-state index < -0.39 is 5.91 Å². The van der Waals surface area contributed by atoms with Crippen LogP contribution in [0.4, 0.5) is 5.69 Å². The number of aryl methyl sites for hydroxylation is 2. The van der Waals surface area contributed by atoms with Gasteiger partial charge in [0.15, 0.2) is 0 Å². The molecule has 0 aliphatic rings. The topological polar surface area (TPSA) is 57.8 Å². The second-order valence-corrected chi connectivity index (χ2v) is 7.73. The van der Waals surface area contributed by atoms with Crippen LogP contribution < -0.4 is 5.32 Å². The standard InChI is InChI=1S/C24H22BrN3O/c1-4-18-5-9-22(10-6-18)27-24(29)20(15-26)14-19-13-16(2)28(17(19)3)23-11-7-21(25)8-12-23/h5-14H,4H2,1-3H3,(H,27,29). The normalized spacial score (nSPS) is 11.2. The second kappa shape index (κ2) is 8.93. The van der Waals surface area contributed by atoms with E-state index >= 15 is 0 Å². The maximum absolute atomic E-state index is 12.6. The van der Waals surface area contributed by atoms with E-state index in [0.717, 1.165) is 33.5 Å². The molecule has 1 amide bonds. The molecule has 0 unspecified atom stereocenters. The molecule has 0 saturated heterocycles. The molecule has 0 saturated carbocycles. The number of rotatable bonds is 5. The number of amides is 1. The van der Waals surface area contributed by atoms with Crippen molar-refractivity contribution in [2.45, 2.75) is 27.2 Å². The van der Waals surface area contributed by atoms with E-state index in [2.05, 4.69) is 32.7 Å². The van der Waals surface area contributed by atoms with E-state index in [1.807, 2.05) is 74.5 Å². The summed E-state index contributed by atoms with van der Waals surface area (Å²) in [6.07, 6.45) is 2.58. The van der Waals surface area contributed by atoms with E-state index in [1.54, 1.807) is 6.08 Å². The lowest BCUT2D eigenvalue weighted by atomic mass is 10.1. The summed E-state index contributed by atoms with van der Waals surface area (Å²) in [4.78, 5) is 12.6. The zero-order valence-corrected chi connectivity index (χ0v) is 18.2. The summed E-state index contributed by atoms with van der Waals surface area (Å²) in [6.45, 7) is 6.07. The molecule has 0 bridgehead atoms. The molecule has 1 N–H and O–H groups in total. The van der Waals surface area contributed by atoms with Gasteiger partial charge in [0.25, 0.3) is 5.91 Å². The minimum Gasteiger partial charge on any atom is -0.321 e. The fourth-order valence-electron chi connectivity index (χ4n) is 3.25. The molecule has 4 nitrogen and oxygen atoms in total. The van der Waals surface area contributed by atoms with Crippen LogP contribution in [0.15, 0.2) is 64.6 Å². The number of carbonyl (C=O) groups is 1. The van der Waals surface area contributed by atoms with Crippen molar-refractivity contribution in [1.29, 1.82) is 5.26 Å². The molecule has 0 radical (unpaired) electrons. The minimum absolute atomic E-state index is 0.0700. The highest BCUT2D eigenvalue weighted by molar-refractivity contribution is 9.10. The Hall–Kier alpha value is -3.10. The number of halogens is 1. The fraction of sp³-hybridized carbons (Fsp3) is 0.167. The third-order valence-electron chi connectivity index (χ3n) is 4.84. The molecule has 2 aromatic carbocycles. The highest BCUT2D eigenvalue weighted by Crippen LogP contribution is 2.24. The summed E-state index contributed by atoms with van der Waals surface area (Å²) in [6, 6.07) is 19.7. The number of hydrogen-bond donors (Lipinski definition) is 1. The van der Waals surface area contributed by atoms with Crippen molar-refractivity contribution >= 4 is 33.6 Å². The van der Waals surface area contributed by atoms with Gasteiger partial charge >= 0.3 is 0 Å². The Balaban J connectivity index is 1.88. The first-order valence-electron chi connectivity index (χ1n) is 9.40. The van der Waals surface area contributed by atoms with Crippen LogP contribution in [-0.4, -0.2) is 10.5 Å². The largest absolute Gasteiger partial charge is 0.321 e. The molecule has 3 aromatic rings. The molecular formula is C24H22BrN3O. The second-order valence-electron chi connectivity index (χ2n) is 6.81. The molecule has 1 heterocycles. The Kier molecular flexibility index (Phi) is 6.36. The van der Waals surface area contributed by atoms with Crippen molar-refractivity contribution in [3.8, 4) is 11.8 Å². The summed E-state index contributed by atoms with van der Waals surface area (Å²) < 4.78 is 3.12. The predicted octanol–water partition coefficient (Wildman–Crippen LogP) is 5.96. The summed E-state index contributed by atoms with van der Waals surface area (Å²) in [5, 5.41) is 12.3. The van der Waals surface area contributed by atoms with Crippen LogP contribution in [0.3, 0.4) is 0 Å². The average molecular weight is 448 g/mol. The summed E-state index contributed by atoms with van der Waals surface area (Å²) in [7, 11) is 0. The lowest BCUT2D eigenvalue weighted by Crippen LogP contribution is -2.13. The van der Waals surface area contributed by atoms with Crippen molar-refractivity contribution < 1.29 is 4.79 Å². The van der Waals surface area contributed by atoms with Crippen molar-refractivity contribution in [3.63, 3.8) is 0 Å². The molecule has 0 atom stereocenters. The smallest absolute Gasteiger partial charge is 0.266 e. The first kappa shape index (κ1) is 20.6. The molecule has 0 aliphatic carbocycles. The zero-order chi connectivity index (χ0) is 21.0. The van der Waals surface area contributed by atoms with Gasteiger partial charge in [0.1, 0.15) is 11.6 Å². The van der Waals surface area contributed by atoms with Crippen LogP contribution >= 0.6 is 15.9 Å². The van der Waals surface area contributed by atoms with E-state index in [9.17, 15) is 10.1 Å². The van der Waals surface area contributed by atoms with E-state index in [-0.39, 0.29) is 5.57 Å². The van der Waals surface area contributed by atoms with Crippen LogP contribution in [0.1, 0.15) is 29.4 Å². The van der Waals surface area contributed by atoms with Gasteiger partial charge in [0, 0.05) is 27.2 Å². The number of aromatic nitrogens is 1. The molecule has 146 valence electrons. The van der Waals surface area contributed by atoms with Gasteiger partial charge in [-0.25, -0.2) is 0 Å². The zero-order valence-electron chi connectivity index (χ0n) is 16.7. The molecule has 1 aromatic heterocycles. The lowest BCUT2D eigenvalue weighted by molar-refractivity contribution is -0.112. The Labute approximate surface area is 179 Å². The van der Waals surface area contributed by atoms with Crippen molar-refractivity contribution in [3.05, 3.63) is 87.2 Å². The number of benzene rings is 2. The predicted molar refractivity (Wildman–Crippen MR) is 121 cm³/mol. The van der Waals surface area contributed by atoms with Gasteiger partial charge in [-0.2, -0.15) is 5.26 Å². The maximum atomic E-state index is 12.6. The van der Waals surface area contributed by atoms with Crippen LogP contribution in [-0.2, 0) is 11.2 Å². The lowest BCUT2D eigenvalue weighted by Gasteiger charge is -2.10. The van der Waals surface area contributed by atoms with Gasteiger partial charge in [0.2, 0.25) is 0 Å².